The number of carbonyl (C=O) groups is 1. The summed E-state index contributed by atoms with van der Waals surface area (Å²) in [7, 11) is 0. The molecular formula is C14H20F2N4O. The maximum atomic E-state index is 13.9. The van der Waals surface area contributed by atoms with Gasteiger partial charge in [0.25, 0.3) is 0 Å². The van der Waals surface area contributed by atoms with Crippen molar-refractivity contribution in [2.24, 2.45) is 0 Å². The van der Waals surface area contributed by atoms with Crippen LogP contribution in [0.15, 0.2) is 6.07 Å². The Morgan fingerprint density at radius 3 is 2.52 bits per heavy atom. The highest BCUT2D eigenvalue weighted by molar-refractivity contribution is 5.73. The number of nitrogens with one attached hydrogen (secondary N) is 1. The second-order valence-corrected chi connectivity index (χ2v) is 5.04. The van der Waals surface area contributed by atoms with E-state index in [1.165, 1.54) is 6.92 Å². The van der Waals surface area contributed by atoms with Crippen molar-refractivity contribution in [2.75, 3.05) is 42.9 Å². The molecule has 0 aliphatic carbocycles. The van der Waals surface area contributed by atoms with Crippen LogP contribution in [0.25, 0.3) is 0 Å². The second kappa shape index (κ2) is 6.69. The summed E-state index contributed by atoms with van der Waals surface area (Å²) in [6, 6.07) is 0.859. The largest absolute Gasteiger partial charge is 0.368 e. The first kappa shape index (κ1) is 15.5. The van der Waals surface area contributed by atoms with Gasteiger partial charge in [-0.3, -0.25) is 4.79 Å². The Balaban J connectivity index is 2.14. The van der Waals surface area contributed by atoms with Gasteiger partial charge in [0.1, 0.15) is 0 Å². The van der Waals surface area contributed by atoms with Crippen molar-refractivity contribution in [3.8, 4) is 0 Å². The van der Waals surface area contributed by atoms with E-state index in [-0.39, 0.29) is 17.5 Å². The van der Waals surface area contributed by atoms with Gasteiger partial charge in [-0.2, -0.15) is 0 Å². The van der Waals surface area contributed by atoms with Gasteiger partial charge in [0, 0.05) is 45.7 Å². The van der Waals surface area contributed by atoms with Crippen LogP contribution in [-0.4, -0.2) is 48.5 Å². The van der Waals surface area contributed by atoms with Crippen LogP contribution in [0.3, 0.4) is 0 Å². The number of pyridine rings is 1. The lowest BCUT2D eigenvalue weighted by Crippen LogP contribution is -2.48. The van der Waals surface area contributed by atoms with Crippen molar-refractivity contribution < 1.29 is 13.6 Å². The molecule has 0 radical (unpaired) electrons. The zero-order chi connectivity index (χ0) is 15.4. The molecule has 1 amide bonds. The fraction of sp³-hybridized carbons (Fsp3) is 0.571. The number of anilines is 2. The van der Waals surface area contributed by atoms with E-state index < -0.39 is 11.6 Å². The van der Waals surface area contributed by atoms with E-state index >= 15 is 0 Å². The van der Waals surface area contributed by atoms with Crippen LogP contribution < -0.4 is 10.2 Å². The maximum Gasteiger partial charge on any atom is 0.219 e. The molecule has 0 atom stereocenters. The molecule has 5 nitrogen and oxygen atoms in total. The van der Waals surface area contributed by atoms with Crippen LogP contribution in [0.4, 0.5) is 20.4 Å². The lowest BCUT2D eigenvalue weighted by atomic mass is 10.3. The minimum absolute atomic E-state index is 0.00693. The van der Waals surface area contributed by atoms with Gasteiger partial charge >= 0.3 is 0 Å². The van der Waals surface area contributed by atoms with E-state index in [0.29, 0.717) is 32.7 Å². The molecule has 1 saturated heterocycles. The van der Waals surface area contributed by atoms with Crippen LogP contribution in [0.1, 0.15) is 20.3 Å². The third kappa shape index (κ3) is 3.59. The standard InChI is InChI=1S/C14H20F2N4O/c1-3-4-17-13-11(15)9-12(16)14(18-13)20-7-5-19(6-8-20)10(2)21/h9H,3-8H2,1-2H3,(H,17,18). The molecule has 1 aromatic rings. The average Bonchev–Trinajstić information content (AvgIpc) is 2.46. The van der Waals surface area contributed by atoms with Crippen molar-refractivity contribution in [3.63, 3.8) is 0 Å². The number of rotatable bonds is 4. The van der Waals surface area contributed by atoms with Crippen LogP contribution in [-0.2, 0) is 4.79 Å². The van der Waals surface area contributed by atoms with Crippen LogP contribution in [0, 0.1) is 11.6 Å². The number of aromatic nitrogens is 1. The molecule has 2 rings (SSSR count). The molecule has 21 heavy (non-hydrogen) atoms. The topological polar surface area (TPSA) is 48.5 Å². The summed E-state index contributed by atoms with van der Waals surface area (Å²) in [5.74, 6) is -1.15. The Bertz CT molecular complexity index is 516. The molecule has 116 valence electrons. The number of piperazine rings is 1. The highest BCUT2D eigenvalue weighted by Gasteiger charge is 2.23. The van der Waals surface area contributed by atoms with Gasteiger partial charge in [0.2, 0.25) is 5.91 Å². The van der Waals surface area contributed by atoms with Gasteiger partial charge < -0.3 is 15.1 Å². The lowest BCUT2D eigenvalue weighted by Gasteiger charge is -2.35. The van der Waals surface area contributed by atoms with Crippen molar-refractivity contribution in [1.82, 2.24) is 9.88 Å². The summed E-state index contributed by atoms with van der Waals surface area (Å²) in [5.41, 5.74) is 0. The van der Waals surface area contributed by atoms with Crippen molar-refractivity contribution in [3.05, 3.63) is 17.7 Å². The van der Waals surface area contributed by atoms with Gasteiger partial charge in [-0.05, 0) is 6.42 Å². The van der Waals surface area contributed by atoms with E-state index in [1.54, 1.807) is 9.80 Å². The Kier molecular flexibility index (Phi) is 4.93. The first-order valence-corrected chi connectivity index (χ1v) is 7.13. The van der Waals surface area contributed by atoms with Gasteiger partial charge in [-0.25, -0.2) is 13.8 Å². The van der Waals surface area contributed by atoms with E-state index in [9.17, 15) is 13.6 Å². The number of hydrogen-bond donors (Lipinski definition) is 1. The Hall–Kier alpha value is -1.92. The minimum atomic E-state index is -0.688. The van der Waals surface area contributed by atoms with Crippen molar-refractivity contribution >= 4 is 17.5 Å². The Morgan fingerprint density at radius 1 is 1.29 bits per heavy atom. The predicted octanol–water partition coefficient (Wildman–Crippen LogP) is 1.85. The predicted molar refractivity (Wildman–Crippen MR) is 77.4 cm³/mol. The summed E-state index contributed by atoms with van der Waals surface area (Å²) in [6.45, 7) is 6.06. The van der Waals surface area contributed by atoms with E-state index in [2.05, 4.69) is 10.3 Å². The summed E-state index contributed by atoms with van der Waals surface area (Å²) < 4.78 is 27.6. The SMILES string of the molecule is CCCNc1nc(N2CCN(C(C)=O)CC2)c(F)cc1F. The van der Waals surface area contributed by atoms with Gasteiger partial charge in [-0.1, -0.05) is 6.92 Å². The van der Waals surface area contributed by atoms with Crippen LogP contribution >= 0.6 is 0 Å². The van der Waals surface area contributed by atoms with E-state index in [0.717, 1.165) is 12.5 Å². The van der Waals surface area contributed by atoms with Crippen LogP contribution in [0.5, 0.6) is 0 Å². The Morgan fingerprint density at radius 2 is 1.95 bits per heavy atom. The normalized spacial score (nSPS) is 15.2. The van der Waals surface area contributed by atoms with Crippen molar-refractivity contribution in [1.29, 1.82) is 0 Å². The summed E-state index contributed by atoms with van der Waals surface area (Å²) >= 11 is 0. The molecule has 2 heterocycles. The quantitative estimate of drug-likeness (QED) is 0.921. The summed E-state index contributed by atoms with van der Waals surface area (Å²) in [4.78, 5) is 18.8. The van der Waals surface area contributed by atoms with E-state index in [1.807, 2.05) is 6.92 Å². The third-order valence-corrected chi connectivity index (χ3v) is 3.48. The minimum Gasteiger partial charge on any atom is -0.368 e. The fourth-order valence-electron chi connectivity index (χ4n) is 2.28. The molecule has 0 bridgehead atoms. The molecule has 0 spiro atoms. The molecule has 1 aromatic heterocycles. The van der Waals surface area contributed by atoms with Gasteiger partial charge in [0.15, 0.2) is 23.3 Å². The second-order valence-electron chi connectivity index (χ2n) is 5.04. The van der Waals surface area contributed by atoms with Crippen LogP contribution in [0.2, 0.25) is 0 Å². The maximum absolute atomic E-state index is 13.9. The molecule has 0 aromatic carbocycles. The number of nitrogens with zero attached hydrogens (tertiary/aromatic N) is 3. The van der Waals surface area contributed by atoms with E-state index in [4.69, 9.17) is 0 Å². The Labute approximate surface area is 122 Å². The molecule has 1 aliphatic heterocycles. The highest BCUT2D eigenvalue weighted by Crippen LogP contribution is 2.23. The molecule has 0 saturated carbocycles. The first-order chi connectivity index (χ1) is 10.0. The summed E-state index contributed by atoms with van der Waals surface area (Å²) in [5, 5.41) is 2.85. The average molecular weight is 298 g/mol. The van der Waals surface area contributed by atoms with Crippen molar-refractivity contribution in [2.45, 2.75) is 20.3 Å². The molecule has 1 fully saturated rings. The van der Waals surface area contributed by atoms with Gasteiger partial charge in [-0.15, -0.1) is 0 Å². The number of carbonyl (C=O) groups excluding carboxylic acids is 1. The fourth-order valence-corrected chi connectivity index (χ4v) is 2.28. The number of halogens is 2. The number of amides is 1. The van der Waals surface area contributed by atoms with Gasteiger partial charge in [0.05, 0.1) is 0 Å². The smallest absolute Gasteiger partial charge is 0.219 e. The molecule has 1 N–H and O–H groups in total. The third-order valence-electron chi connectivity index (χ3n) is 3.48. The molecular weight excluding hydrogens is 278 g/mol. The zero-order valence-electron chi connectivity index (χ0n) is 12.3. The monoisotopic (exact) mass is 298 g/mol. The first-order valence-electron chi connectivity index (χ1n) is 7.13. The number of hydrogen-bond acceptors (Lipinski definition) is 4. The lowest BCUT2D eigenvalue weighted by molar-refractivity contribution is -0.129. The highest BCUT2D eigenvalue weighted by atomic mass is 19.1. The zero-order valence-corrected chi connectivity index (χ0v) is 12.3. The molecule has 0 unspecified atom stereocenters. The molecule has 7 heteroatoms. The molecule has 1 aliphatic rings. The summed E-state index contributed by atoms with van der Waals surface area (Å²) in [6.07, 6.45) is 0.825.